The minimum Gasteiger partial charge on any atom is -0.329 e. The fraction of sp³-hybridized carbons (Fsp3) is 0.500. The molecular weight excluding hydrogens is 412 g/mol. The fourth-order valence-electron chi connectivity index (χ4n) is 4.34. The van der Waals surface area contributed by atoms with E-state index < -0.39 is 22.1 Å². The van der Waals surface area contributed by atoms with Gasteiger partial charge in [0.15, 0.2) is 0 Å². The lowest BCUT2D eigenvalue weighted by molar-refractivity contribution is -0.142. The van der Waals surface area contributed by atoms with Crippen LogP contribution in [0.4, 0.5) is 0 Å². The number of nitrogens with one attached hydrogen (secondary N) is 1. The SMILES string of the molecule is CC(C)[C@H](NS(=O)(=O)c1ccc2ccccc2c1)C(=O)N(C1CCCCC1)[C@@H](C)C=O. The molecule has 2 aromatic rings. The summed E-state index contributed by atoms with van der Waals surface area (Å²) in [5.41, 5.74) is 0. The lowest BCUT2D eigenvalue weighted by Gasteiger charge is -2.39. The third-order valence-electron chi connectivity index (χ3n) is 6.10. The van der Waals surface area contributed by atoms with Gasteiger partial charge in [0.25, 0.3) is 0 Å². The normalized spacial score (nSPS) is 17.4. The molecule has 1 saturated carbocycles. The van der Waals surface area contributed by atoms with Gasteiger partial charge in [0.05, 0.1) is 10.9 Å². The number of nitrogens with zero attached hydrogens (tertiary/aromatic N) is 1. The van der Waals surface area contributed by atoms with Crippen LogP contribution in [-0.4, -0.2) is 43.6 Å². The summed E-state index contributed by atoms with van der Waals surface area (Å²) in [6.07, 6.45) is 5.58. The number of amides is 1. The number of benzene rings is 2. The van der Waals surface area contributed by atoms with Gasteiger partial charge in [0.1, 0.15) is 12.3 Å². The zero-order chi connectivity index (χ0) is 22.6. The highest BCUT2D eigenvalue weighted by atomic mass is 32.2. The van der Waals surface area contributed by atoms with Crippen LogP contribution < -0.4 is 4.72 Å². The van der Waals surface area contributed by atoms with Gasteiger partial charge in [-0.05, 0) is 48.6 Å². The first-order chi connectivity index (χ1) is 14.7. The molecule has 1 amide bonds. The van der Waals surface area contributed by atoms with Gasteiger partial charge in [0.2, 0.25) is 15.9 Å². The minimum atomic E-state index is -3.92. The molecule has 6 nitrogen and oxygen atoms in total. The molecule has 7 heteroatoms. The van der Waals surface area contributed by atoms with Crippen LogP contribution in [0.5, 0.6) is 0 Å². The number of aldehydes is 1. The van der Waals surface area contributed by atoms with Crippen molar-refractivity contribution in [3.8, 4) is 0 Å². The first kappa shape index (κ1) is 23.4. The standard InChI is InChI=1S/C24H32N2O4S/c1-17(2)23(24(28)26(18(3)16-27)21-11-5-4-6-12-21)25-31(29,30)22-14-13-19-9-7-8-10-20(19)15-22/h7-10,13-18,21,23,25H,4-6,11-12H2,1-3H3/t18-,23-/m0/s1. The molecule has 1 fully saturated rings. The topological polar surface area (TPSA) is 83.6 Å². The molecule has 0 radical (unpaired) electrons. The maximum Gasteiger partial charge on any atom is 0.241 e. The molecule has 0 aromatic heterocycles. The van der Waals surface area contributed by atoms with Crippen LogP contribution in [0.1, 0.15) is 52.9 Å². The van der Waals surface area contributed by atoms with Gasteiger partial charge in [-0.25, -0.2) is 8.42 Å². The van der Waals surface area contributed by atoms with E-state index >= 15 is 0 Å². The molecule has 2 atom stereocenters. The number of rotatable bonds is 8. The Labute approximate surface area is 185 Å². The highest BCUT2D eigenvalue weighted by Gasteiger charge is 2.37. The minimum absolute atomic E-state index is 0.0344. The number of fused-ring (bicyclic) bond motifs is 1. The van der Waals surface area contributed by atoms with Crippen molar-refractivity contribution in [2.24, 2.45) is 5.92 Å². The van der Waals surface area contributed by atoms with E-state index in [4.69, 9.17) is 0 Å². The van der Waals surface area contributed by atoms with Gasteiger partial charge in [0, 0.05) is 6.04 Å². The molecule has 0 heterocycles. The van der Waals surface area contributed by atoms with Crippen LogP contribution in [0.2, 0.25) is 0 Å². The van der Waals surface area contributed by atoms with E-state index in [1.807, 2.05) is 38.1 Å². The van der Waals surface area contributed by atoms with Crippen molar-refractivity contribution in [1.29, 1.82) is 0 Å². The van der Waals surface area contributed by atoms with Gasteiger partial charge in [-0.2, -0.15) is 4.72 Å². The Morgan fingerprint density at radius 1 is 1.03 bits per heavy atom. The summed E-state index contributed by atoms with van der Waals surface area (Å²) >= 11 is 0. The van der Waals surface area contributed by atoms with Crippen molar-refractivity contribution < 1.29 is 18.0 Å². The quantitative estimate of drug-likeness (QED) is 0.626. The van der Waals surface area contributed by atoms with E-state index in [0.29, 0.717) is 0 Å². The van der Waals surface area contributed by atoms with Crippen molar-refractivity contribution in [2.75, 3.05) is 0 Å². The maximum absolute atomic E-state index is 13.5. The molecule has 31 heavy (non-hydrogen) atoms. The van der Waals surface area contributed by atoms with E-state index in [1.165, 1.54) is 0 Å². The largest absolute Gasteiger partial charge is 0.329 e. The second-order valence-electron chi connectivity index (χ2n) is 8.77. The molecule has 0 unspecified atom stereocenters. The average molecular weight is 445 g/mol. The fourth-order valence-corrected chi connectivity index (χ4v) is 5.71. The molecule has 168 valence electrons. The van der Waals surface area contributed by atoms with Gasteiger partial charge >= 0.3 is 0 Å². The number of carbonyl (C=O) groups excluding carboxylic acids is 2. The maximum atomic E-state index is 13.5. The zero-order valence-electron chi connectivity index (χ0n) is 18.5. The summed E-state index contributed by atoms with van der Waals surface area (Å²) in [4.78, 5) is 26.9. The monoisotopic (exact) mass is 444 g/mol. The molecular formula is C24H32N2O4S. The Morgan fingerprint density at radius 3 is 2.29 bits per heavy atom. The highest BCUT2D eigenvalue weighted by Crippen LogP contribution is 2.26. The summed E-state index contributed by atoms with van der Waals surface area (Å²) in [7, 11) is -3.92. The lowest BCUT2D eigenvalue weighted by atomic mass is 9.92. The van der Waals surface area contributed by atoms with Crippen molar-refractivity contribution in [2.45, 2.75) is 75.9 Å². The van der Waals surface area contributed by atoms with Gasteiger partial charge < -0.3 is 9.69 Å². The summed E-state index contributed by atoms with van der Waals surface area (Å²) in [5.74, 6) is -0.599. The molecule has 1 aliphatic carbocycles. The summed E-state index contributed by atoms with van der Waals surface area (Å²) in [6, 6.07) is 10.9. The smallest absolute Gasteiger partial charge is 0.241 e. The third-order valence-corrected chi connectivity index (χ3v) is 7.54. The number of carbonyl (C=O) groups is 2. The van der Waals surface area contributed by atoms with E-state index in [9.17, 15) is 18.0 Å². The van der Waals surface area contributed by atoms with Crippen LogP contribution in [0, 0.1) is 5.92 Å². The molecule has 0 aliphatic heterocycles. The van der Waals surface area contributed by atoms with Crippen LogP contribution in [0.3, 0.4) is 0 Å². The van der Waals surface area contributed by atoms with E-state index in [-0.39, 0.29) is 22.8 Å². The summed E-state index contributed by atoms with van der Waals surface area (Å²) in [6.45, 7) is 5.33. The molecule has 0 bridgehead atoms. The van der Waals surface area contributed by atoms with Crippen molar-refractivity contribution in [1.82, 2.24) is 9.62 Å². The molecule has 3 rings (SSSR count). The Bertz CT molecular complexity index is 1030. The Kier molecular flexibility index (Phi) is 7.49. The predicted molar refractivity (Wildman–Crippen MR) is 122 cm³/mol. The number of hydrogen-bond acceptors (Lipinski definition) is 4. The summed E-state index contributed by atoms with van der Waals surface area (Å²) in [5, 5.41) is 1.76. The molecule has 0 saturated heterocycles. The number of sulfonamides is 1. The van der Waals surface area contributed by atoms with Gasteiger partial charge in [-0.3, -0.25) is 4.79 Å². The van der Waals surface area contributed by atoms with Crippen molar-refractivity contribution >= 4 is 33.0 Å². The molecule has 1 N–H and O–H groups in total. The van der Waals surface area contributed by atoms with E-state index in [1.54, 1.807) is 30.0 Å². The molecule has 0 spiro atoms. The van der Waals surface area contributed by atoms with Crippen LogP contribution in [0.15, 0.2) is 47.4 Å². The van der Waals surface area contributed by atoms with Crippen molar-refractivity contribution in [3.63, 3.8) is 0 Å². The number of hydrogen-bond donors (Lipinski definition) is 1. The van der Waals surface area contributed by atoms with E-state index in [0.717, 1.165) is 49.2 Å². The first-order valence-electron chi connectivity index (χ1n) is 11.0. The van der Waals surface area contributed by atoms with Crippen LogP contribution in [0.25, 0.3) is 10.8 Å². The van der Waals surface area contributed by atoms with Crippen LogP contribution in [-0.2, 0) is 19.6 Å². The Hall–Kier alpha value is -2.25. The van der Waals surface area contributed by atoms with Gasteiger partial charge in [-0.1, -0.05) is 63.4 Å². The zero-order valence-corrected chi connectivity index (χ0v) is 19.3. The van der Waals surface area contributed by atoms with E-state index in [2.05, 4.69) is 4.72 Å². The second-order valence-corrected chi connectivity index (χ2v) is 10.5. The summed E-state index contributed by atoms with van der Waals surface area (Å²) < 4.78 is 29.0. The molecule has 1 aliphatic rings. The first-order valence-corrected chi connectivity index (χ1v) is 12.5. The third kappa shape index (κ3) is 5.33. The predicted octanol–water partition coefficient (Wildman–Crippen LogP) is 3.89. The Morgan fingerprint density at radius 2 is 1.68 bits per heavy atom. The highest BCUT2D eigenvalue weighted by molar-refractivity contribution is 7.89. The Balaban J connectivity index is 1.90. The van der Waals surface area contributed by atoms with Crippen molar-refractivity contribution in [3.05, 3.63) is 42.5 Å². The second kappa shape index (κ2) is 9.92. The van der Waals surface area contributed by atoms with Crippen LogP contribution >= 0.6 is 0 Å². The molecule has 2 aromatic carbocycles. The van der Waals surface area contributed by atoms with Gasteiger partial charge in [-0.15, -0.1) is 0 Å². The lowest BCUT2D eigenvalue weighted by Crippen LogP contribution is -2.57. The average Bonchev–Trinajstić information content (AvgIpc) is 2.77.